The number of carbonyl (C=O) groups excluding carboxylic acids is 2. The number of fused-ring (bicyclic) bond motifs is 1. The largest absolute Gasteiger partial charge is 0.497 e. The number of para-hydroxylation sites is 1. The zero-order chi connectivity index (χ0) is 20.4. The topological polar surface area (TPSA) is 98.5 Å². The fourth-order valence-corrected chi connectivity index (χ4v) is 3.13. The van der Waals surface area contributed by atoms with Gasteiger partial charge in [0.05, 0.1) is 13.7 Å². The molecule has 0 unspecified atom stereocenters. The van der Waals surface area contributed by atoms with Gasteiger partial charge in [0.2, 0.25) is 5.91 Å². The van der Waals surface area contributed by atoms with Crippen LogP contribution in [0.4, 0.5) is 10.5 Å². The fourth-order valence-electron chi connectivity index (χ4n) is 3.13. The van der Waals surface area contributed by atoms with Crippen LogP contribution in [0.1, 0.15) is 11.4 Å². The smallest absolute Gasteiger partial charge is 0.354 e. The van der Waals surface area contributed by atoms with Crippen molar-refractivity contribution >= 4 is 17.6 Å². The predicted octanol–water partition coefficient (Wildman–Crippen LogP) is 1.36. The quantitative estimate of drug-likeness (QED) is 0.682. The number of ether oxygens (including phenoxy) is 1. The van der Waals surface area contributed by atoms with Crippen LogP contribution in [0, 0.1) is 0 Å². The van der Waals surface area contributed by atoms with Gasteiger partial charge < -0.3 is 10.1 Å². The lowest BCUT2D eigenvalue weighted by molar-refractivity contribution is -0.122. The van der Waals surface area contributed by atoms with Crippen molar-refractivity contribution in [1.29, 1.82) is 0 Å². The third kappa shape index (κ3) is 3.62. The summed E-state index contributed by atoms with van der Waals surface area (Å²) < 4.78 is 7.11. The molecule has 148 valence electrons. The van der Waals surface area contributed by atoms with Crippen LogP contribution in [0.2, 0.25) is 0 Å². The molecule has 1 aliphatic rings. The van der Waals surface area contributed by atoms with Gasteiger partial charge in [-0.1, -0.05) is 30.3 Å². The van der Waals surface area contributed by atoms with Gasteiger partial charge in [0.15, 0.2) is 5.82 Å². The van der Waals surface area contributed by atoms with Gasteiger partial charge in [0.25, 0.3) is 0 Å². The van der Waals surface area contributed by atoms with Crippen LogP contribution in [0.3, 0.4) is 0 Å². The Morgan fingerprint density at radius 3 is 2.48 bits per heavy atom. The van der Waals surface area contributed by atoms with Crippen LogP contribution in [0.5, 0.6) is 5.75 Å². The Kier molecular flexibility index (Phi) is 4.86. The summed E-state index contributed by atoms with van der Waals surface area (Å²) in [7, 11) is 1.58. The van der Waals surface area contributed by atoms with E-state index in [1.165, 1.54) is 4.90 Å². The Bertz CT molecular complexity index is 1100. The van der Waals surface area contributed by atoms with Crippen molar-refractivity contribution in [3.63, 3.8) is 0 Å². The molecule has 9 heteroatoms. The van der Waals surface area contributed by atoms with Gasteiger partial charge in [-0.25, -0.2) is 14.3 Å². The summed E-state index contributed by atoms with van der Waals surface area (Å²) in [6.45, 7) is 0.234. The maximum absolute atomic E-state index is 12.6. The van der Waals surface area contributed by atoms with Crippen molar-refractivity contribution in [2.75, 3.05) is 12.0 Å². The molecule has 0 aliphatic carbocycles. The van der Waals surface area contributed by atoms with E-state index in [-0.39, 0.29) is 19.0 Å². The van der Waals surface area contributed by atoms with E-state index in [2.05, 4.69) is 10.4 Å². The van der Waals surface area contributed by atoms with Crippen LogP contribution < -0.4 is 20.6 Å². The molecular formula is C20H19N5O4. The van der Waals surface area contributed by atoms with E-state index in [0.717, 1.165) is 20.6 Å². The maximum atomic E-state index is 12.6. The zero-order valence-electron chi connectivity index (χ0n) is 15.7. The van der Waals surface area contributed by atoms with Gasteiger partial charge in [-0.05, 0) is 29.8 Å². The number of carbonyl (C=O) groups is 2. The van der Waals surface area contributed by atoms with Gasteiger partial charge in [0, 0.05) is 12.2 Å². The number of hydrogen-bond acceptors (Lipinski definition) is 5. The van der Waals surface area contributed by atoms with Crippen molar-refractivity contribution in [3.8, 4) is 5.75 Å². The molecule has 2 heterocycles. The van der Waals surface area contributed by atoms with Gasteiger partial charge >= 0.3 is 11.7 Å². The number of hydrogen-bond donors (Lipinski definition) is 1. The number of aromatic nitrogens is 3. The van der Waals surface area contributed by atoms with E-state index in [1.54, 1.807) is 31.4 Å². The van der Waals surface area contributed by atoms with E-state index >= 15 is 0 Å². The molecule has 1 aliphatic heterocycles. The molecule has 2 amide bonds. The summed E-state index contributed by atoms with van der Waals surface area (Å²) >= 11 is 0. The van der Waals surface area contributed by atoms with Crippen LogP contribution in [-0.2, 0) is 24.4 Å². The molecule has 0 saturated heterocycles. The summed E-state index contributed by atoms with van der Waals surface area (Å²) in [6, 6.07) is 15.9. The summed E-state index contributed by atoms with van der Waals surface area (Å²) in [5.74, 6) is 0.673. The minimum absolute atomic E-state index is 0.179. The number of rotatable bonds is 6. The van der Waals surface area contributed by atoms with Gasteiger partial charge in [-0.2, -0.15) is 9.67 Å². The lowest BCUT2D eigenvalue weighted by Gasteiger charge is -2.14. The van der Waals surface area contributed by atoms with Crippen molar-refractivity contribution in [2.45, 2.75) is 19.6 Å². The summed E-state index contributed by atoms with van der Waals surface area (Å²) in [5.41, 5.74) is 0.960. The molecule has 2 aromatic carbocycles. The summed E-state index contributed by atoms with van der Waals surface area (Å²) in [5, 5.41) is 6.90. The average molecular weight is 393 g/mol. The number of anilines is 1. The minimum atomic E-state index is -0.622. The Morgan fingerprint density at radius 2 is 1.83 bits per heavy atom. The van der Waals surface area contributed by atoms with E-state index < -0.39 is 11.7 Å². The Labute approximate surface area is 166 Å². The molecule has 4 rings (SSSR count). The van der Waals surface area contributed by atoms with Crippen LogP contribution in [0.15, 0.2) is 59.4 Å². The maximum Gasteiger partial charge on any atom is 0.354 e. The molecule has 29 heavy (non-hydrogen) atoms. The zero-order valence-corrected chi connectivity index (χ0v) is 15.7. The highest BCUT2D eigenvalue weighted by molar-refractivity contribution is 5.96. The molecule has 0 spiro atoms. The molecule has 9 nitrogen and oxygen atoms in total. The molecule has 0 atom stereocenters. The first-order valence-corrected chi connectivity index (χ1v) is 9.02. The standard InChI is InChI=1S/C20H19N5O4/c1-29-16-9-7-14(8-10-16)11-21-18(26)13-24-20(28)25-17(22-24)12-23(19(25)27)15-5-3-2-4-6-15/h2-10H,11-13H2,1H3,(H,21,26). The van der Waals surface area contributed by atoms with E-state index in [9.17, 15) is 14.4 Å². The highest BCUT2D eigenvalue weighted by Gasteiger charge is 2.33. The van der Waals surface area contributed by atoms with E-state index in [0.29, 0.717) is 18.1 Å². The second kappa shape index (κ2) is 7.63. The van der Waals surface area contributed by atoms with Crippen molar-refractivity contribution in [3.05, 3.63) is 76.5 Å². The lowest BCUT2D eigenvalue weighted by atomic mass is 10.2. The summed E-state index contributed by atoms with van der Waals surface area (Å²) in [4.78, 5) is 38.8. The van der Waals surface area contributed by atoms with E-state index in [4.69, 9.17) is 4.74 Å². The average Bonchev–Trinajstić information content (AvgIpc) is 3.23. The second-order valence-corrected chi connectivity index (χ2v) is 6.52. The van der Waals surface area contributed by atoms with Crippen molar-refractivity contribution in [2.24, 2.45) is 0 Å². The first-order valence-electron chi connectivity index (χ1n) is 9.02. The van der Waals surface area contributed by atoms with E-state index in [1.807, 2.05) is 30.3 Å². The Hall–Kier alpha value is -3.88. The first kappa shape index (κ1) is 18.5. The number of methoxy groups -OCH3 is 1. The minimum Gasteiger partial charge on any atom is -0.497 e. The first-order chi connectivity index (χ1) is 14.1. The number of benzene rings is 2. The SMILES string of the molecule is COc1ccc(CNC(=O)Cn2nc3n(c2=O)C(=O)N(c2ccccc2)C3)cc1. The normalized spacial score (nSPS) is 12.7. The molecule has 1 N–H and O–H groups in total. The van der Waals surface area contributed by atoms with Crippen LogP contribution in [-0.4, -0.2) is 33.4 Å². The van der Waals surface area contributed by atoms with Gasteiger partial charge in [-0.15, -0.1) is 0 Å². The molecule has 0 fully saturated rings. The summed E-state index contributed by atoms with van der Waals surface area (Å²) in [6.07, 6.45) is 0. The van der Waals surface area contributed by atoms with Crippen molar-refractivity contribution < 1.29 is 14.3 Å². The number of nitrogens with zero attached hydrogens (tertiary/aromatic N) is 4. The molecule has 0 bridgehead atoms. The monoisotopic (exact) mass is 393 g/mol. The number of nitrogens with one attached hydrogen (secondary N) is 1. The highest BCUT2D eigenvalue weighted by Crippen LogP contribution is 2.21. The molecule has 0 saturated carbocycles. The predicted molar refractivity (Wildman–Crippen MR) is 105 cm³/mol. The molecule has 1 aromatic heterocycles. The number of amides is 2. The Balaban J connectivity index is 1.41. The highest BCUT2D eigenvalue weighted by atomic mass is 16.5. The molecule has 3 aromatic rings. The van der Waals surface area contributed by atoms with Gasteiger partial charge in [-0.3, -0.25) is 9.69 Å². The van der Waals surface area contributed by atoms with Crippen LogP contribution >= 0.6 is 0 Å². The second-order valence-electron chi connectivity index (χ2n) is 6.52. The Morgan fingerprint density at radius 1 is 1.10 bits per heavy atom. The molecular weight excluding hydrogens is 374 g/mol. The third-order valence-electron chi connectivity index (χ3n) is 4.64. The van der Waals surface area contributed by atoms with Crippen LogP contribution in [0.25, 0.3) is 0 Å². The van der Waals surface area contributed by atoms with Crippen molar-refractivity contribution in [1.82, 2.24) is 19.7 Å². The third-order valence-corrected chi connectivity index (χ3v) is 4.64. The molecule has 0 radical (unpaired) electrons. The fraction of sp³-hybridized carbons (Fsp3) is 0.200. The van der Waals surface area contributed by atoms with Gasteiger partial charge in [0.1, 0.15) is 12.3 Å². The lowest BCUT2D eigenvalue weighted by Crippen LogP contribution is -2.37.